The number of nitrogens with zero attached hydrogens (tertiary/aromatic N) is 2. The molecule has 0 fully saturated rings. The van der Waals surface area contributed by atoms with Crippen molar-refractivity contribution in [3.8, 4) is 11.8 Å². The molecule has 0 aliphatic carbocycles. The van der Waals surface area contributed by atoms with E-state index < -0.39 is 4.92 Å². The molecule has 0 bridgehead atoms. The molecule has 0 aliphatic heterocycles. The third kappa shape index (κ3) is 5.18. The zero-order valence-electron chi connectivity index (χ0n) is 14.7. The number of non-ortho nitro benzene ring substituents is 1. The second-order valence-electron chi connectivity index (χ2n) is 5.96. The Bertz CT molecular complexity index is 1040. The Labute approximate surface area is 176 Å². The largest absolute Gasteiger partial charge is 0.489 e. The number of ether oxygens (including phenoxy) is 1. The lowest BCUT2D eigenvalue weighted by Crippen LogP contribution is -1.95. The molecular weight excluding hydrogens is 467 g/mol. The van der Waals surface area contributed by atoms with Crippen LogP contribution in [0.3, 0.4) is 0 Å². The Morgan fingerprint density at radius 2 is 1.68 bits per heavy atom. The van der Waals surface area contributed by atoms with Crippen LogP contribution in [0.2, 0.25) is 0 Å². The number of benzene rings is 3. The molecule has 0 spiro atoms. The van der Waals surface area contributed by atoms with Gasteiger partial charge in [-0.1, -0.05) is 24.3 Å². The highest BCUT2D eigenvalue weighted by Gasteiger charge is 2.07. The second-order valence-corrected chi connectivity index (χ2v) is 7.20. The van der Waals surface area contributed by atoms with Gasteiger partial charge in [0.2, 0.25) is 0 Å². The van der Waals surface area contributed by atoms with Gasteiger partial charge in [0.1, 0.15) is 12.4 Å². The molecule has 138 valence electrons. The summed E-state index contributed by atoms with van der Waals surface area (Å²) in [4.78, 5) is 10.3. The maximum absolute atomic E-state index is 10.7. The van der Waals surface area contributed by atoms with Gasteiger partial charge < -0.3 is 4.74 Å². The Hall–Kier alpha value is -3.18. The van der Waals surface area contributed by atoms with Crippen LogP contribution < -0.4 is 4.74 Å². The van der Waals surface area contributed by atoms with Gasteiger partial charge in [-0.15, -0.1) is 0 Å². The summed E-state index contributed by atoms with van der Waals surface area (Å²) < 4.78 is 6.97. The maximum Gasteiger partial charge on any atom is 0.269 e. The number of nitriles is 1. The minimum atomic E-state index is -0.464. The van der Waals surface area contributed by atoms with Crippen molar-refractivity contribution >= 4 is 39.9 Å². The molecule has 0 saturated heterocycles. The number of hydrogen-bond donors (Lipinski definition) is 0. The average Bonchev–Trinajstić information content (AvgIpc) is 2.72. The highest BCUT2D eigenvalue weighted by Crippen LogP contribution is 2.22. The van der Waals surface area contributed by atoms with Crippen molar-refractivity contribution in [3.63, 3.8) is 0 Å². The molecular formula is C22H15IN2O3. The Kier molecular flexibility index (Phi) is 6.40. The standard InChI is InChI=1S/C22H15IN2O3/c23-20-7-1-17(2-8-20)15-28-22-11-3-16(4-12-22)13-19(14-24)18-5-9-21(10-6-18)25(26)27/h1-13H,15H2/b19-13-. The predicted molar refractivity (Wildman–Crippen MR) is 117 cm³/mol. The minimum Gasteiger partial charge on any atom is -0.489 e. The van der Waals surface area contributed by atoms with Crippen LogP contribution in [0.4, 0.5) is 5.69 Å². The van der Waals surface area contributed by atoms with Gasteiger partial charge in [-0.25, -0.2) is 0 Å². The van der Waals surface area contributed by atoms with E-state index in [2.05, 4.69) is 28.7 Å². The van der Waals surface area contributed by atoms with E-state index in [1.807, 2.05) is 48.5 Å². The summed E-state index contributed by atoms with van der Waals surface area (Å²) in [5.74, 6) is 0.740. The van der Waals surface area contributed by atoms with E-state index in [0.29, 0.717) is 17.7 Å². The highest BCUT2D eigenvalue weighted by atomic mass is 127. The Balaban J connectivity index is 1.69. The van der Waals surface area contributed by atoms with Crippen molar-refractivity contribution in [2.75, 3.05) is 0 Å². The third-order valence-electron chi connectivity index (χ3n) is 4.02. The topological polar surface area (TPSA) is 76.2 Å². The molecule has 3 aromatic rings. The Morgan fingerprint density at radius 3 is 2.25 bits per heavy atom. The van der Waals surface area contributed by atoms with E-state index in [-0.39, 0.29) is 5.69 Å². The first kappa shape index (κ1) is 19.6. The molecule has 0 radical (unpaired) electrons. The molecule has 0 atom stereocenters. The second kappa shape index (κ2) is 9.15. The summed E-state index contributed by atoms with van der Waals surface area (Å²) in [6.45, 7) is 0.484. The van der Waals surface area contributed by atoms with Crippen LogP contribution in [0.5, 0.6) is 5.75 Å². The summed E-state index contributed by atoms with van der Waals surface area (Å²) in [7, 11) is 0. The van der Waals surface area contributed by atoms with Gasteiger partial charge >= 0.3 is 0 Å². The van der Waals surface area contributed by atoms with Crippen molar-refractivity contribution in [1.29, 1.82) is 5.26 Å². The van der Waals surface area contributed by atoms with Gasteiger partial charge in [-0.2, -0.15) is 5.26 Å². The molecule has 5 nitrogen and oxygen atoms in total. The van der Waals surface area contributed by atoms with Gasteiger partial charge in [-0.3, -0.25) is 10.1 Å². The quantitative estimate of drug-likeness (QED) is 0.145. The zero-order chi connectivity index (χ0) is 19.9. The van der Waals surface area contributed by atoms with E-state index >= 15 is 0 Å². The first-order valence-corrected chi connectivity index (χ1v) is 9.47. The van der Waals surface area contributed by atoms with Gasteiger partial charge in [0.15, 0.2) is 0 Å². The molecule has 0 N–H and O–H groups in total. The molecule has 0 amide bonds. The molecule has 3 rings (SSSR count). The van der Waals surface area contributed by atoms with Crippen LogP contribution in [0.15, 0.2) is 72.8 Å². The number of nitro groups is 1. The predicted octanol–water partition coefficient (Wildman–Crippen LogP) is 5.84. The summed E-state index contributed by atoms with van der Waals surface area (Å²) in [6.07, 6.45) is 1.74. The van der Waals surface area contributed by atoms with Crippen LogP contribution in [0.1, 0.15) is 16.7 Å². The minimum absolute atomic E-state index is 0.00401. The van der Waals surface area contributed by atoms with Gasteiger partial charge in [0.05, 0.1) is 16.6 Å². The SMILES string of the molecule is N#C/C(=C/c1ccc(OCc2ccc(I)cc2)cc1)c1ccc([N+](=O)[O-])cc1. The maximum atomic E-state index is 10.7. The molecule has 0 saturated carbocycles. The summed E-state index contributed by atoms with van der Waals surface area (Å²) in [6, 6.07) is 23.6. The zero-order valence-corrected chi connectivity index (χ0v) is 16.9. The van der Waals surface area contributed by atoms with Crippen molar-refractivity contribution in [2.45, 2.75) is 6.61 Å². The lowest BCUT2D eigenvalue weighted by molar-refractivity contribution is -0.384. The van der Waals surface area contributed by atoms with Crippen molar-refractivity contribution in [3.05, 3.63) is 103 Å². The molecule has 0 unspecified atom stereocenters. The van der Waals surface area contributed by atoms with Crippen molar-refractivity contribution in [2.24, 2.45) is 0 Å². The first-order valence-electron chi connectivity index (χ1n) is 8.39. The van der Waals surface area contributed by atoms with Gasteiger partial charge in [0, 0.05) is 15.7 Å². The molecule has 6 heteroatoms. The fourth-order valence-corrected chi connectivity index (χ4v) is 2.88. The molecule has 0 aromatic heterocycles. The number of hydrogen-bond acceptors (Lipinski definition) is 4. The monoisotopic (exact) mass is 482 g/mol. The molecule has 3 aromatic carbocycles. The fraction of sp³-hybridized carbons (Fsp3) is 0.0455. The molecule has 0 aliphatic rings. The average molecular weight is 482 g/mol. The van der Waals surface area contributed by atoms with Crippen LogP contribution in [0, 0.1) is 25.0 Å². The molecule has 28 heavy (non-hydrogen) atoms. The molecule has 0 heterocycles. The normalized spacial score (nSPS) is 10.9. The first-order chi connectivity index (χ1) is 13.5. The smallest absolute Gasteiger partial charge is 0.269 e. The fourth-order valence-electron chi connectivity index (χ4n) is 2.52. The van der Waals surface area contributed by atoms with E-state index in [4.69, 9.17) is 4.74 Å². The number of rotatable bonds is 6. The summed E-state index contributed by atoms with van der Waals surface area (Å²) in [5, 5.41) is 20.2. The van der Waals surface area contributed by atoms with E-state index in [1.54, 1.807) is 18.2 Å². The van der Waals surface area contributed by atoms with Gasteiger partial charge in [-0.05, 0) is 81.8 Å². The van der Waals surface area contributed by atoms with E-state index in [0.717, 1.165) is 16.9 Å². The van der Waals surface area contributed by atoms with E-state index in [9.17, 15) is 15.4 Å². The van der Waals surface area contributed by atoms with Crippen LogP contribution in [-0.4, -0.2) is 4.92 Å². The van der Waals surface area contributed by atoms with E-state index in [1.165, 1.54) is 15.7 Å². The van der Waals surface area contributed by atoms with Crippen LogP contribution >= 0.6 is 22.6 Å². The van der Waals surface area contributed by atoms with Crippen LogP contribution in [0.25, 0.3) is 11.6 Å². The number of nitro benzene ring substituents is 1. The lowest BCUT2D eigenvalue weighted by Gasteiger charge is -2.07. The van der Waals surface area contributed by atoms with Crippen molar-refractivity contribution in [1.82, 2.24) is 0 Å². The summed E-state index contributed by atoms with van der Waals surface area (Å²) >= 11 is 2.26. The lowest BCUT2D eigenvalue weighted by atomic mass is 10.0. The van der Waals surface area contributed by atoms with Crippen molar-refractivity contribution < 1.29 is 9.66 Å². The highest BCUT2D eigenvalue weighted by molar-refractivity contribution is 14.1. The third-order valence-corrected chi connectivity index (χ3v) is 4.74. The van der Waals surface area contributed by atoms with Gasteiger partial charge in [0.25, 0.3) is 5.69 Å². The number of allylic oxidation sites excluding steroid dienone is 1. The summed E-state index contributed by atoms with van der Waals surface area (Å²) in [5.41, 5.74) is 3.00. The number of halogens is 1. The Morgan fingerprint density at radius 1 is 1.04 bits per heavy atom. The van der Waals surface area contributed by atoms with Crippen LogP contribution in [-0.2, 0) is 6.61 Å².